The monoisotopic (exact) mass is 1620 g/mol. The number of aliphatic hydroxyl groups is 1. The molecule has 0 aromatic rings. The lowest BCUT2D eigenvalue weighted by atomic mass is 9.99. The first-order valence-electron chi connectivity index (χ1n) is 47.4. The van der Waals surface area contributed by atoms with Crippen LogP contribution in [0, 0.1) is 17.8 Å². The summed E-state index contributed by atoms with van der Waals surface area (Å²) in [5.41, 5.74) is 0. The van der Waals surface area contributed by atoms with Crippen LogP contribution >= 0.6 is 15.6 Å². The van der Waals surface area contributed by atoms with E-state index in [0.717, 1.165) is 108 Å². The summed E-state index contributed by atoms with van der Waals surface area (Å²) in [7, 11) is -9.94. The van der Waals surface area contributed by atoms with Crippen LogP contribution in [0.3, 0.4) is 0 Å². The minimum Gasteiger partial charge on any atom is -0.462 e. The number of hydrogen-bond donors (Lipinski definition) is 3. The summed E-state index contributed by atoms with van der Waals surface area (Å²) in [6, 6.07) is 0. The van der Waals surface area contributed by atoms with Gasteiger partial charge in [-0.1, -0.05) is 440 Å². The maximum Gasteiger partial charge on any atom is 0.472 e. The van der Waals surface area contributed by atoms with Gasteiger partial charge in [0.15, 0.2) is 12.2 Å². The Balaban J connectivity index is 5.23. The molecular weight excluding hydrogens is 1440 g/mol. The number of unbranched alkanes of at least 4 members (excludes halogenated alkanes) is 56. The zero-order valence-electron chi connectivity index (χ0n) is 73.4. The summed E-state index contributed by atoms with van der Waals surface area (Å²) in [6.07, 6.45) is 75.0. The predicted octanol–water partition coefficient (Wildman–Crippen LogP) is 28.4. The summed E-state index contributed by atoms with van der Waals surface area (Å²) < 4.78 is 69.1. The number of hydrogen-bond acceptors (Lipinski definition) is 15. The number of carbonyl (C=O) groups excluding carboxylic acids is 4. The van der Waals surface area contributed by atoms with Crippen molar-refractivity contribution in [3.63, 3.8) is 0 Å². The molecule has 0 spiro atoms. The molecular formula is C92H180O17P2. The van der Waals surface area contributed by atoms with Crippen molar-refractivity contribution in [3.05, 3.63) is 0 Å². The van der Waals surface area contributed by atoms with Crippen LogP contribution in [0.5, 0.6) is 0 Å². The van der Waals surface area contributed by atoms with E-state index in [-0.39, 0.29) is 25.7 Å². The fourth-order valence-electron chi connectivity index (χ4n) is 14.4. The number of esters is 4. The van der Waals surface area contributed by atoms with E-state index in [1.807, 2.05) is 0 Å². The minimum atomic E-state index is -4.97. The Hall–Kier alpha value is -1.94. The van der Waals surface area contributed by atoms with Gasteiger partial charge in [0.2, 0.25) is 0 Å². The molecule has 0 aromatic carbocycles. The Morgan fingerprint density at radius 1 is 0.261 bits per heavy atom. The molecule has 7 atom stereocenters. The van der Waals surface area contributed by atoms with E-state index >= 15 is 0 Å². The number of rotatable bonds is 90. The molecule has 0 aliphatic rings. The van der Waals surface area contributed by atoms with Crippen molar-refractivity contribution in [2.75, 3.05) is 39.6 Å². The van der Waals surface area contributed by atoms with Crippen molar-refractivity contribution >= 4 is 39.5 Å². The Morgan fingerprint density at radius 3 is 0.685 bits per heavy atom. The molecule has 0 saturated carbocycles. The molecule has 0 rings (SSSR count). The van der Waals surface area contributed by atoms with Gasteiger partial charge in [0.05, 0.1) is 26.4 Å². The molecule has 0 heterocycles. The van der Waals surface area contributed by atoms with Gasteiger partial charge in [-0.15, -0.1) is 0 Å². The predicted molar refractivity (Wildman–Crippen MR) is 460 cm³/mol. The molecule has 111 heavy (non-hydrogen) atoms. The van der Waals surface area contributed by atoms with Crippen LogP contribution in [0.15, 0.2) is 0 Å². The zero-order chi connectivity index (χ0) is 81.5. The van der Waals surface area contributed by atoms with E-state index in [0.29, 0.717) is 25.7 Å². The first-order chi connectivity index (χ1) is 53.8. The van der Waals surface area contributed by atoms with Gasteiger partial charge in [-0.2, -0.15) is 0 Å². The summed E-state index contributed by atoms with van der Waals surface area (Å²) in [5, 5.41) is 10.7. The van der Waals surface area contributed by atoms with E-state index in [1.54, 1.807) is 0 Å². The second-order valence-corrected chi connectivity index (χ2v) is 36.9. The molecule has 0 bridgehead atoms. The lowest BCUT2D eigenvalue weighted by molar-refractivity contribution is -0.161. The van der Waals surface area contributed by atoms with E-state index in [2.05, 4.69) is 48.5 Å². The summed E-state index contributed by atoms with van der Waals surface area (Å²) in [6.45, 7) is 12.1. The first kappa shape index (κ1) is 109. The molecule has 0 saturated heterocycles. The number of aliphatic hydroxyl groups excluding tert-OH is 1. The number of ether oxygens (including phenoxy) is 4. The zero-order valence-corrected chi connectivity index (χ0v) is 75.2. The molecule has 0 fully saturated rings. The van der Waals surface area contributed by atoms with Crippen LogP contribution in [0.25, 0.3) is 0 Å². The van der Waals surface area contributed by atoms with Gasteiger partial charge >= 0.3 is 39.5 Å². The molecule has 0 aliphatic carbocycles. The van der Waals surface area contributed by atoms with Crippen molar-refractivity contribution in [1.29, 1.82) is 0 Å². The Bertz CT molecular complexity index is 2130. The van der Waals surface area contributed by atoms with Gasteiger partial charge in [-0.25, -0.2) is 9.13 Å². The van der Waals surface area contributed by atoms with E-state index < -0.39 is 97.5 Å². The maximum absolute atomic E-state index is 13.2. The van der Waals surface area contributed by atoms with E-state index in [9.17, 15) is 43.2 Å². The highest BCUT2D eigenvalue weighted by Crippen LogP contribution is 2.45. The van der Waals surface area contributed by atoms with Crippen LogP contribution in [0.4, 0.5) is 0 Å². The van der Waals surface area contributed by atoms with Crippen LogP contribution < -0.4 is 0 Å². The molecule has 19 heteroatoms. The van der Waals surface area contributed by atoms with Crippen molar-refractivity contribution in [3.8, 4) is 0 Å². The van der Waals surface area contributed by atoms with Crippen molar-refractivity contribution in [2.24, 2.45) is 17.8 Å². The average molecular weight is 1620 g/mol. The van der Waals surface area contributed by atoms with Crippen LogP contribution in [0.2, 0.25) is 0 Å². The van der Waals surface area contributed by atoms with Crippen molar-refractivity contribution in [1.82, 2.24) is 0 Å². The molecule has 0 aliphatic heterocycles. The molecule has 4 unspecified atom stereocenters. The van der Waals surface area contributed by atoms with Crippen molar-refractivity contribution in [2.45, 2.75) is 510 Å². The lowest BCUT2D eigenvalue weighted by Crippen LogP contribution is -2.30. The maximum atomic E-state index is 13.2. The SMILES string of the molecule is CCCCCCCCCCCCCCCCCCC(=O)O[C@H](COC(=O)CCCCCCCCCCC(C)C)COP(=O)(O)OC[C@H](O)COP(=O)(O)OC[C@@H](COC(=O)CCCCCCCCCCCCCCCCCCCCC(C)CC)OC(=O)CCCCCCCCCCCCCCCCCCCCC(C)CC. The summed E-state index contributed by atoms with van der Waals surface area (Å²) in [5.74, 6) is 0.373. The summed E-state index contributed by atoms with van der Waals surface area (Å²) >= 11 is 0. The fraction of sp³-hybridized carbons (Fsp3) is 0.957. The van der Waals surface area contributed by atoms with Crippen LogP contribution in [0.1, 0.15) is 492 Å². The van der Waals surface area contributed by atoms with Gasteiger partial charge < -0.3 is 33.8 Å². The highest BCUT2D eigenvalue weighted by molar-refractivity contribution is 7.47. The smallest absolute Gasteiger partial charge is 0.462 e. The molecule has 0 amide bonds. The molecule has 0 aromatic heterocycles. The quantitative estimate of drug-likeness (QED) is 0.0222. The Labute approximate surface area is 683 Å². The second kappa shape index (κ2) is 81.8. The van der Waals surface area contributed by atoms with Crippen LogP contribution in [-0.2, 0) is 65.4 Å². The minimum absolute atomic E-state index is 0.108. The Morgan fingerprint density at radius 2 is 0.459 bits per heavy atom. The highest BCUT2D eigenvalue weighted by Gasteiger charge is 2.31. The normalized spacial score (nSPS) is 14.3. The second-order valence-electron chi connectivity index (χ2n) is 34.0. The number of carbonyl (C=O) groups is 4. The fourth-order valence-corrected chi connectivity index (χ4v) is 15.9. The molecule has 0 radical (unpaired) electrons. The highest BCUT2D eigenvalue weighted by atomic mass is 31.2. The van der Waals surface area contributed by atoms with E-state index in [1.165, 1.54) is 302 Å². The molecule has 660 valence electrons. The number of phosphoric ester groups is 2. The third kappa shape index (κ3) is 82.9. The third-order valence-corrected chi connectivity index (χ3v) is 24.3. The van der Waals surface area contributed by atoms with Gasteiger partial charge in [0.25, 0.3) is 0 Å². The van der Waals surface area contributed by atoms with E-state index in [4.69, 9.17) is 37.0 Å². The topological polar surface area (TPSA) is 237 Å². The van der Waals surface area contributed by atoms with Gasteiger partial charge in [0, 0.05) is 25.7 Å². The third-order valence-electron chi connectivity index (χ3n) is 22.4. The largest absolute Gasteiger partial charge is 0.472 e. The van der Waals surface area contributed by atoms with Gasteiger partial charge in [-0.3, -0.25) is 37.3 Å². The van der Waals surface area contributed by atoms with Crippen molar-refractivity contribution < 1.29 is 80.2 Å². The van der Waals surface area contributed by atoms with Gasteiger partial charge in [0.1, 0.15) is 19.3 Å². The lowest BCUT2D eigenvalue weighted by Gasteiger charge is -2.21. The summed E-state index contributed by atoms with van der Waals surface area (Å²) in [4.78, 5) is 73.4. The first-order valence-corrected chi connectivity index (χ1v) is 50.4. The molecule has 17 nitrogen and oxygen atoms in total. The average Bonchev–Trinajstić information content (AvgIpc) is 0.894. The Kier molecular flexibility index (Phi) is 80.4. The van der Waals surface area contributed by atoms with Gasteiger partial charge in [-0.05, 0) is 43.4 Å². The standard InChI is InChI=1S/C92H180O17P2/c1-8-11-12-13-14-15-16-17-18-29-35-40-45-54-61-68-75-92(97)109-88(80-103-90(95)74-67-60-53-48-47-49-56-63-70-83(4)5)82-107-111(100,101)105-78-86(93)77-104-110(98,99)106-81-87(108-91(96)76-69-62-55-46-41-36-31-26-22-20-24-28-33-38-43-51-58-65-72-85(7)10-3)79-102-89(94)73-66-59-52-44-39-34-30-25-21-19-23-27-32-37-42-50-57-64-71-84(6)9-2/h83-88,93H,8-82H2,1-7H3,(H,98,99)(H,100,101)/t84?,85?,86-,87-,88-/m1/s1. The number of phosphoric acid groups is 2. The molecule has 3 N–H and O–H groups in total. The van der Waals surface area contributed by atoms with Crippen LogP contribution in [-0.4, -0.2) is 96.7 Å².